The van der Waals surface area contributed by atoms with Gasteiger partial charge in [-0.15, -0.1) is 11.6 Å². The maximum Gasteiger partial charge on any atom is 0.196 e. The molecule has 0 aliphatic heterocycles. The molecule has 0 bridgehead atoms. The lowest BCUT2D eigenvalue weighted by Crippen LogP contribution is -2.09. The molecule has 2 aromatic carbocycles. The summed E-state index contributed by atoms with van der Waals surface area (Å²) in [7, 11) is 0. The molecule has 0 amide bonds. The molecule has 3 heteroatoms. The molecule has 104 valence electrons. The third-order valence-electron chi connectivity index (χ3n) is 3.09. The highest BCUT2D eigenvalue weighted by Crippen LogP contribution is 2.21. The van der Waals surface area contributed by atoms with Crippen molar-refractivity contribution in [2.75, 3.05) is 11.6 Å². The van der Waals surface area contributed by atoms with Gasteiger partial charge < -0.3 is 0 Å². The van der Waals surface area contributed by atoms with Crippen LogP contribution in [-0.4, -0.2) is 16.7 Å². The van der Waals surface area contributed by atoms with Crippen LogP contribution in [0.15, 0.2) is 48.5 Å². The lowest BCUT2D eigenvalue weighted by atomic mass is 10.0. The summed E-state index contributed by atoms with van der Waals surface area (Å²) >= 11 is 7.23. The predicted molar refractivity (Wildman–Crippen MR) is 90.3 cm³/mol. The minimum absolute atomic E-state index is 0.138. The maximum absolute atomic E-state index is 11.9. The van der Waals surface area contributed by atoms with Crippen LogP contribution in [0.1, 0.15) is 12.5 Å². The standard InChI is InChI=1S/C17H17ClOS/c1-2-20-17(19)15(12-18)11-10-14-8-5-7-13-6-3-4-9-16(13)14/h3-11,15H,2,12H2,1H3/b11-10-/t15-/m1/s1. The Morgan fingerprint density at radius 1 is 1.25 bits per heavy atom. The molecule has 0 aromatic heterocycles. The van der Waals surface area contributed by atoms with Crippen molar-refractivity contribution in [2.45, 2.75) is 6.92 Å². The van der Waals surface area contributed by atoms with E-state index in [1.54, 1.807) is 0 Å². The number of alkyl halides is 1. The van der Waals surface area contributed by atoms with Crippen molar-refractivity contribution in [3.05, 3.63) is 54.1 Å². The first-order valence-corrected chi connectivity index (χ1v) is 8.17. The second-order valence-corrected chi connectivity index (χ2v) is 6.02. The topological polar surface area (TPSA) is 17.1 Å². The lowest BCUT2D eigenvalue weighted by Gasteiger charge is -2.07. The first kappa shape index (κ1) is 15.1. The van der Waals surface area contributed by atoms with Gasteiger partial charge in [-0.1, -0.05) is 73.3 Å². The van der Waals surface area contributed by atoms with Gasteiger partial charge in [0.1, 0.15) is 0 Å². The van der Waals surface area contributed by atoms with E-state index in [0.29, 0.717) is 5.88 Å². The molecule has 1 nitrogen and oxygen atoms in total. The summed E-state index contributed by atoms with van der Waals surface area (Å²) in [5.41, 5.74) is 1.12. The number of halogens is 1. The van der Waals surface area contributed by atoms with E-state index in [1.165, 1.54) is 22.5 Å². The highest BCUT2D eigenvalue weighted by molar-refractivity contribution is 8.13. The molecular weight excluding hydrogens is 288 g/mol. The number of hydrogen-bond donors (Lipinski definition) is 0. The summed E-state index contributed by atoms with van der Waals surface area (Å²) in [5.74, 6) is 0.891. The van der Waals surface area contributed by atoms with Gasteiger partial charge in [-0.05, 0) is 22.1 Å². The van der Waals surface area contributed by atoms with Crippen LogP contribution in [0.25, 0.3) is 16.8 Å². The van der Waals surface area contributed by atoms with E-state index in [-0.39, 0.29) is 11.0 Å². The highest BCUT2D eigenvalue weighted by atomic mass is 35.5. The monoisotopic (exact) mass is 304 g/mol. The highest BCUT2D eigenvalue weighted by Gasteiger charge is 2.13. The van der Waals surface area contributed by atoms with Crippen molar-refractivity contribution < 1.29 is 4.79 Å². The first-order chi connectivity index (χ1) is 9.76. The molecule has 0 heterocycles. The molecule has 0 saturated carbocycles. The molecule has 0 saturated heterocycles. The Balaban J connectivity index is 2.26. The smallest absolute Gasteiger partial charge is 0.196 e. The van der Waals surface area contributed by atoms with Gasteiger partial charge in [-0.2, -0.15) is 0 Å². The van der Waals surface area contributed by atoms with E-state index < -0.39 is 0 Å². The van der Waals surface area contributed by atoms with Gasteiger partial charge in [0.25, 0.3) is 0 Å². The van der Waals surface area contributed by atoms with Crippen molar-refractivity contribution in [3.8, 4) is 0 Å². The lowest BCUT2D eigenvalue weighted by molar-refractivity contribution is -0.112. The molecule has 2 rings (SSSR count). The van der Waals surface area contributed by atoms with E-state index >= 15 is 0 Å². The van der Waals surface area contributed by atoms with Crippen LogP contribution in [0, 0.1) is 5.92 Å². The number of allylic oxidation sites excluding steroid dienone is 1. The van der Waals surface area contributed by atoms with Crippen LogP contribution in [0.3, 0.4) is 0 Å². The Morgan fingerprint density at radius 2 is 2.00 bits per heavy atom. The zero-order valence-electron chi connectivity index (χ0n) is 11.4. The molecule has 0 unspecified atom stereocenters. The SMILES string of the molecule is CCSC(=O)[C@H](/C=C\c1cccc2ccccc12)CCl. The van der Waals surface area contributed by atoms with E-state index in [9.17, 15) is 4.79 Å². The predicted octanol–water partition coefficient (Wildman–Crippen LogP) is 4.99. The summed E-state index contributed by atoms with van der Waals surface area (Å²) < 4.78 is 0. The van der Waals surface area contributed by atoms with Crippen LogP contribution in [-0.2, 0) is 4.79 Å². The van der Waals surface area contributed by atoms with Crippen molar-refractivity contribution in [1.29, 1.82) is 0 Å². The second kappa shape index (κ2) is 7.51. The van der Waals surface area contributed by atoms with E-state index in [1.807, 2.05) is 37.3 Å². The number of thioether (sulfide) groups is 1. The normalized spacial score (nSPS) is 12.9. The number of hydrogen-bond acceptors (Lipinski definition) is 2. The third kappa shape index (κ3) is 3.65. The van der Waals surface area contributed by atoms with Gasteiger partial charge >= 0.3 is 0 Å². The summed E-state index contributed by atoms with van der Waals surface area (Å²) in [6, 6.07) is 14.4. The third-order valence-corrected chi connectivity index (χ3v) is 4.30. The molecule has 0 aliphatic rings. The van der Waals surface area contributed by atoms with Gasteiger partial charge in [0, 0.05) is 5.88 Å². The van der Waals surface area contributed by atoms with Crippen LogP contribution in [0.2, 0.25) is 0 Å². The van der Waals surface area contributed by atoms with Gasteiger partial charge in [-0.3, -0.25) is 4.79 Å². The van der Waals surface area contributed by atoms with Crippen molar-refractivity contribution in [1.82, 2.24) is 0 Å². The Hall–Kier alpha value is -1.25. The van der Waals surface area contributed by atoms with Crippen LogP contribution >= 0.6 is 23.4 Å². The molecule has 0 radical (unpaired) electrons. The molecule has 0 fully saturated rings. The summed E-state index contributed by atoms with van der Waals surface area (Å²) in [6.07, 6.45) is 3.92. The number of rotatable bonds is 5. The quantitative estimate of drug-likeness (QED) is 0.724. The fourth-order valence-electron chi connectivity index (χ4n) is 2.06. The summed E-state index contributed by atoms with van der Waals surface area (Å²) in [4.78, 5) is 11.9. The molecule has 1 atom stereocenters. The van der Waals surface area contributed by atoms with Gasteiger partial charge in [-0.25, -0.2) is 0 Å². The van der Waals surface area contributed by atoms with Crippen molar-refractivity contribution >= 4 is 45.3 Å². The number of benzene rings is 2. The second-order valence-electron chi connectivity index (χ2n) is 4.44. The van der Waals surface area contributed by atoms with Crippen molar-refractivity contribution in [3.63, 3.8) is 0 Å². The van der Waals surface area contributed by atoms with Crippen molar-refractivity contribution in [2.24, 2.45) is 5.92 Å². The van der Waals surface area contributed by atoms with Gasteiger partial charge in [0.15, 0.2) is 5.12 Å². The number of carbonyl (C=O) groups is 1. The fraction of sp³-hybridized carbons (Fsp3) is 0.235. The van der Waals surface area contributed by atoms with Crippen LogP contribution < -0.4 is 0 Å². The Labute approximate surface area is 129 Å². The molecule has 0 spiro atoms. The van der Waals surface area contributed by atoms with Gasteiger partial charge in [0.2, 0.25) is 0 Å². The first-order valence-electron chi connectivity index (χ1n) is 6.64. The maximum atomic E-state index is 11.9. The Morgan fingerprint density at radius 3 is 2.75 bits per heavy atom. The zero-order valence-corrected chi connectivity index (χ0v) is 13.0. The molecular formula is C17H17ClOS. The van der Waals surface area contributed by atoms with E-state index in [0.717, 1.165) is 11.3 Å². The summed E-state index contributed by atoms with van der Waals surface area (Å²) in [5, 5.41) is 2.53. The Bertz CT molecular complexity index is 616. The van der Waals surface area contributed by atoms with E-state index in [4.69, 9.17) is 11.6 Å². The molecule has 2 aromatic rings. The van der Waals surface area contributed by atoms with Gasteiger partial charge in [0.05, 0.1) is 5.92 Å². The average molecular weight is 305 g/mol. The molecule has 0 aliphatic carbocycles. The molecule has 0 N–H and O–H groups in total. The average Bonchev–Trinajstić information content (AvgIpc) is 2.48. The number of fused-ring (bicyclic) bond motifs is 1. The zero-order chi connectivity index (χ0) is 14.4. The number of carbonyl (C=O) groups excluding carboxylic acids is 1. The molecule has 20 heavy (non-hydrogen) atoms. The van der Waals surface area contributed by atoms with Crippen LogP contribution in [0.4, 0.5) is 0 Å². The minimum atomic E-state index is -0.222. The van der Waals surface area contributed by atoms with E-state index in [2.05, 4.69) is 24.3 Å². The summed E-state index contributed by atoms with van der Waals surface area (Å²) in [6.45, 7) is 1.97. The fourth-order valence-corrected chi connectivity index (χ4v) is 3.05. The minimum Gasteiger partial charge on any atom is -0.287 e. The largest absolute Gasteiger partial charge is 0.287 e. The Kier molecular flexibility index (Phi) is 5.69. The van der Waals surface area contributed by atoms with Crippen LogP contribution in [0.5, 0.6) is 0 Å².